The quantitative estimate of drug-likeness (QED) is 0.787. The fraction of sp³-hybridized carbons (Fsp3) is 0.231. The van der Waals surface area contributed by atoms with Crippen molar-refractivity contribution in [2.45, 2.75) is 19.4 Å². The molecule has 0 spiro atoms. The second-order valence-corrected chi connectivity index (χ2v) is 4.35. The monoisotopic (exact) mass is 217 g/mol. The average molecular weight is 217 g/mol. The van der Waals surface area contributed by atoms with Gasteiger partial charge in [-0.25, -0.2) is 0 Å². The van der Waals surface area contributed by atoms with Crippen molar-refractivity contribution in [1.29, 1.82) is 0 Å². The van der Waals surface area contributed by atoms with E-state index in [0.29, 0.717) is 16.9 Å². The highest BCUT2D eigenvalue weighted by molar-refractivity contribution is 6.01. The summed E-state index contributed by atoms with van der Waals surface area (Å²) in [5.74, 6) is 0.254. The van der Waals surface area contributed by atoms with Gasteiger partial charge in [0.25, 0.3) is 0 Å². The summed E-state index contributed by atoms with van der Waals surface area (Å²) in [7, 11) is 0. The summed E-state index contributed by atoms with van der Waals surface area (Å²) in [6.45, 7) is 6.65. The lowest BCUT2D eigenvalue weighted by Crippen LogP contribution is -2.13. The molecule has 3 nitrogen and oxygen atoms in total. The standard InChI is InChI=1S/C13H13O3/c1-8(14)9-4-5-11-10(6-9)7-12(16-11)13(2,3)15/h4-7,15H,1H2,2-3H3. The SMILES string of the molecule is [CH2]C(=O)c1ccc2oc(C(C)(C)O)cc2c1. The van der Waals surface area contributed by atoms with Crippen molar-refractivity contribution in [1.82, 2.24) is 0 Å². The fourth-order valence-corrected chi connectivity index (χ4v) is 1.52. The Labute approximate surface area is 93.7 Å². The lowest BCUT2D eigenvalue weighted by atomic mass is 10.1. The first-order chi connectivity index (χ1) is 7.38. The molecule has 0 amide bonds. The predicted molar refractivity (Wildman–Crippen MR) is 61.1 cm³/mol. The maximum Gasteiger partial charge on any atom is 0.163 e. The molecule has 1 aromatic heterocycles. The highest BCUT2D eigenvalue weighted by Gasteiger charge is 2.21. The van der Waals surface area contributed by atoms with Crippen LogP contribution in [0.2, 0.25) is 0 Å². The Kier molecular flexibility index (Phi) is 2.35. The van der Waals surface area contributed by atoms with Gasteiger partial charge in [0, 0.05) is 17.9 Å². The van der Waals surface area contributed by atoms with Crippen LogP contribution in [-0.4, -0.2) is 10.9 Å². The van der Waals surface area contributed by atoms with E-state index in [4.69, 9.17) is 4.42 Å². The number of hydrogen-bond acceptors (Lipinski definition) is 3. The average Bonchev–Trinajstić information content (AvgIpc) is 2.58. The highest BCUT2D eigenvalue weighted by Crippen LogP contribution is 2.28. The summed E-state index contributed by atoms with van der Waals surface area (Å²) in [6, 6.07) is 6.82. The van der Waals surface area contributed by atoms with E-state index in [0.717, 1.165) is 5.39 Å². The molecule has 2 rings (SSSR count). The number of fused-ring (bicyclic) bond motifs is 1. The largest absolute Gasteiger partial charge is 0.458 e. The molecule has 3 heteroatoms. The number of aliphatic hydroxyl groups is 1. The van der Waals surface area contributed by atoms with Gasteiger partial charge in [-0.15, -0.1) is 0 Å². The third-order valence-corrected chi connectivity index (χ3v) is 2.44. The third kappa shape index (κ3) is 1.86. The zero-order chi connectivity index (χ0) is 11.9. The maximum absolute atomic E-state index is 11.1. The van der Waals surface area contributed by atoms with Crippen LogP contribution in [-0.2, 0) is 5.60 Å². The summed E-state index contributed by atoms with van der Waals surface area (Å²) in [4.78, 5) is 11.1. The molecule has 0 fully saturated rings. The molecule has 83 valence electrons. The molecule has 0 bridgehead atoms. The predicted octanol–water partition coefficient (Wildman–Crippen LogP) is 2.68. The van der Waals surface area contributed by atoms with Crippen molar-refractivity contribution in [3.05, 3.63) is 42.5 Å². The molecule has 0 aliphatic carbocycles. The van der Waals surface area contributed by atoms with Crippen molar-refractivity contribution in [2.75, 3.05) is 0 Å². The normalized spacial score (nSPS) is 12.0. The van der Waals surface area contributed by atoms with Gasteiger partial charge in [0.15, 0.2) is 5.78 Å². The van der Waals surface area contributed by atoms with Crippen LogP contribution in [0.3, 0.4) is 0 Å². The number of hydrogen-bond donors (Lipinski definition) is 1. The van der Waals surface area contributed by atoms with E-state index in [1.54, 1.807) is 38.1 Å². The van der Waals surface area contributed by atoms with Gasteiger partial charge in [-0.05, 0) is 38.1 Å². The topological polar surface area (TPSA) is 50.4 Å². The summed E-state index contributed by atoms with van der Waals surface area (Å²) >= 11 is 0. The van der Waals surface area contributed by atoms with Crippen molar-refractivity contribution in [2.24, 2.45) is 0 Å². The van der Waals surface area contributed by atoms with E-state index in [1.807, 2.05) is 0 Å². The third-order valence-electron chi connectivity index (χ3n) is 2.44. The summed E-state index contributed by atoms with van der Waals surface area (Å²) in [5, 5.41) is 10.6. The van der Waals surface area contributed by atoms with E-state index in [9.17, 15) is 9.90 Å². The number of rotatable bonds is 2. The Morgan fingerprint density at radius 2 is 2.06 bits per heavy atom. The van der Waals surface area contributed by atoms with Gasteiger partial charge < -0.3 is 9.52 Å². The molecule has 0 saturated carbocycles. The van der Waals surface area contributed by atoms with Crippen LogP contribution in [0.15, 0.2) is 28.7 Å². The van der Waals surface area contributed by atoms with Crippen LogP contribution in [0, 0.1) is 6.92 Å². The maximum atomic E-state index is 11.1. The molecule has 0 unspecified atom stereocenters. The second-order valence-electron chi connectivity index (χ2n) is 4.35. The first-order valence-electron chi connectivity index (χ1n) is 5.00. The first-order valence-corrected chi connectivity index (χ1v) is 5.00. The zero-order valence-electron chi connectivity index (χ0n) is 9.28. The van der Waals surface area contributed by atoms with Crippen LogP contribution in [0.5, 0.6) is 0 Å². The molecule has 0 saturated heterocycles. The molecule has 16 heavy (non-hydrogen) atoms. The van der Waals surface area contributed by atoms with Crippen molar-refractivity contribution < 1.29 is 14.3 Å². The van der Waals surface area contributed by atoms with Crippen LogP contribution in [0.4, 0.5) is 0 Å². The first kappa shape index (κ1) is 10.9. The summed E-state index contributed by atoms with van der Waals surface area (Å²) in [6.07, 6.45) is 0. The molecule has 2 aromatic rings. The Morgan fingerprint density at radius 1 is 1.38 bits per heavy atom. The lowest BCUT2D eigenvalue weighted by Gasteiger charge is -2.12. The summed E-state index contributed by atoms with van der Waals surface area (Å²) in [5.41, 5.74) is 0.172. The number of carbonyl (C=O) groups is 1. The minimum Gasteiger partial charge on any atom is -0.458 e. The number of benzene rings is 1. The van der Waals surface area contributed by atoms with Crippen LogP contribution in [0.25, 0.3) is 11.0 Å². The van der Waals surface area contributed by atoms with E-state index < -0.39 is 5.60 Å². The van der Waals surface area contributed by atoms with Gasteiger partial charge in [-0.2, -0.15) is 0 Å². The van der Waals surface area contributed by atoms with E-state index in [2.05, 4.69) is 6.92 Å². The minimum absolute atomic E-state index is 0.229. The van der Waals surface area contributed by atoms with Gasteiger partial charge in [0.05, 0.1) is 0 Å². The van der Waals surface area contributed by atoms with Crippen LogP contribution < -0.4 is 0 Å². The van der Waals surface area contributed by atoms with E-state index >= 15 is 0 Å². The molecular formula is C13H13O3. The number of furan rings is 1. The fourth-order valence-electron chi connectivity index (χ4n) is 1.52. The smallest absolute Gasteiger partial charge is 0.163 e. The number of carbonyl (C=O) groups excluding carboxylic acids is 1. The molecular weight excluding hydrogens is 204 g/mol. The van der Waals surface area contributed by atoms with Gasteiger partial charge in [-0.3, -0.25) is 4.79 Å². The zero-order valence-corrected chi connectivity index (χ0v) is 9.28. The Balaban J connectivity index is 2.59. The molecule has 0 atom stereocenters. The number of Topliss-reactive ketones (excluding diaryl/α,β-unsaturated/α-hetero) is 1. The molecule has 1 radical (unpaired) electrons. The van der Waals surface area contributed by atoms with Crippen LogP contribution in [0.1, 0.15) is 30.0 Å². The molecule has 0 aliphatic heterocycles. The second kappa shape index (κ2) is 3.46. The molecule has 0 aliphatic rings. The Morgan fingerprint density at radius 3 is 2.62 bits per heavy atom. The minimum atomic E-state index is -1.02. The van der Waals surface area contributed by atoms with Crippen molar-refractivity contribution >= 4 is 16.8 Å². The molecule has 1 N–H and O–H groups in total. The van der Waals surface area contributed by atoms with Gasteiger partial charge >= 0.3 is 0 Å². The lowest BCUT2D eigenvalue weighted by molar-refractivity contribution is 0.0559. The van der Waals surface area contributed by atoms with Gasteiger partial charge in [0.1, 0.15) is 16.9 Å². The van der Waals surface area contributed by atoms with Crippen LogP contribution >= 0.6 is 0 Å². The molecule has 1 heterocycles. The van der Waals surface area contributed by atoms with E-state index in [1.165, 1.54) is 0 Å². The Bertz CT molecular complexity index is 544. The summed E-state index contributed by atoms with van der Waals surface area (Å²) < 4.78 is 5.49. The highest BCUT2D eigenvalue weighted by atomic mass is 16.4. The van der Waals surface area contributed by atoms with Gasteiger partial charge in [0.2, 0.25) is 0 Å². The van der Waals surface area contributed by atoms with E-state index in [-0.39, 0.29) is 5.78 Å². The van der Waals surface area contributed by atoms with Crippen molar-refractivity contribution in [3.8, 4) is 0 Å². The molecule has 1 aromatic carbocycles. The Hall–Kier alpha value is -1.61. The van der Waals surface area contributed by atoms with Crippen molar-refractivity contribution in [3.63, 3.8) is 0 Å². The number of ketones is 1. The van der Waals surface area contributed by atoms with Gasteiger partial charge in [-0.1, -0.05) is 0 Å².